The maximum absolute atomic E-state index is 13.9. The second-order valence-electron chi connectivity index (χ2n) is 8.91. The Kier molecular flexibility index (Phi) is 10.5. The fourth-order valence-corrected chi connectivity index (χ4v) is 5.58. The van der Waals surface area contributed by atoms with Crippen LogP contribution in [0.15, 0.2) is 52.2 Å². The van der Waals surface area contributed by atoms with Gasteiger partial charge in [0.2, 0.25) is 0 Å². The van der Waals surface area contributed by atoms with E-state index in [0.29, 0.717) is 0 Å². The molecule has 0 aliphatic carbocycles. The molecule has 3 rings (SSSR count). The molecule has 42 heavy (non-hydrogen) atoms. The lowest BCUT2D eigenvalue weighted by Crippen LogP contribution is -2.52. The number of nitrogens with one attached hydrogen (secondary N) is 2. The molecule has 1 unspecified atom stereocenters. The number of nitrogens with zero attached hydrogens (tertiary/aromatic N) is 1. The van der Waals surface area contributed by atoms with Gasteiger partial charge in [0, 0.05) is 26.1 Å². The van der Waals surface area contributed by atoms with Gasteiger partial charge in [0.1, 0.15) is 17.9 Å². The molecule has 1 aromatic carbocycles. The van der Waals surface area contributed by atoms with Crippen molar-refractivity contribution in [3.05, 3.63) is 63.4 Å². The average molecular weight is 608 g/mol. The van der Waals surface area contributed by atoms with E-state index in [-0.39, 0.29) is 12.4 Å². The number of aromatic nitrogens is 2. The van der Waals surface area contributed by atoms with Crippen LogP contribution in [-0.4, -0.2) is 64.5 Å². The van der Waals surface area contributed by atoms with Gasteiger partial charge in [0.25, 0.3) is 11.2 Å². The number of H-pyrrole nitrogens is 1. The van der Waals surface area contributed by atoms with Crippen LogP contribution >= 0.6 is 7.75 Å². The van der Waals surface area contributed by atoms with Crippen molar-refractivity contribution in [3.8, 4) is 18.1 Å². The summed E-state index contributed by atoms with van der Waals surface area (Å²) >= 11 is 0. The van der Waals surface area contributed by atoms with Gasteiger partial charge in [-0.25, -0.2) is 9.36 Å². The number of carbonyl (C=O) groups is 3. The summed E-state index contributed by atoms with van der Waals surface area (Å²) in [6.45, 7) is 4.42. The van der Waals surface area contributed by atoms with E-state index in [2.05, 4.69) is 11.0 Å². The van der Waals surface area contributed by atoms with Gasteiger partial charge in [-0.2, -0.15) is 5.09 Å². The molecule has 6 atom stereocenters. The van der Waals surface area contributed by atoms with E-state index in [4.69, 9.17) is 34.4 Å². The van der Waals surface area contributed by atoms with Crippen molar-refractivity contribution >= 4 is 25.7 Å². The number of carbonyl (C=O) groups excluding carboxylic acids is 3. The Morgan fingerprint density at radius 2 is 1.88 bits per heavy atom. The van der Waals surface area contributed by atoms with Gasteiger partial charge in [0.05, 0.1) is 13.2 Å². The van der Waals surface area contributed by atoms with Crippen LogP contribution in [0, 0.1) is 12.3 Å². The highest BCUT2D eigenvalue weighted by atomic mass is 31.2. The van der Waals surface area contributed by atoms with Crippen molar-refractivity contribution in [1.29, 1.82) is 0 Å². The van der Waals surface area contributed by atoms with Crippen molar-refractivity contribution in [2.24, 2.45) is 0 Å². The predicted octanol–water partition coefficient (Wildman–Crippen LogP) is 1.05. The smallest absolute Gasteiger partial charge is 0.459 e. The Hall–Kier alpha value is -4.22. The number of esters is 3. The number of terminal acetylenes is 1. The molecule has 0 bridgehead atoms. The summed E-state index contributed by atoms with van der Waals surface area (Å²) in [6.07, 6.45) is 2.15. The van der Waals surface area contributed by atoms with Crippen LogP contribution in [0.3, 0.4) is 0 Å². The van der Waals surface area contributed by atoms with Gasteiger partial charge < -0.3 is 23.5 Å². The summed E-state index contributed by atoms with van der Waals surface area (Å²) in [5.41, 5.74) is -3.96. The molecule has 0 radical (unpaired) electrons. The Morgan fingerprint density at radius 3 is 2.45 bits per heavy atom. The number of rotatable bonds is 12. The van der Waals surface area contributed by atoms with E-state index in [9.17, 15) is 28.5 Å². The average Bonchev–Trinajstić information content (AvgIpc) is 3.20. The summed E-state index contributed by atoms with van der Waals surface area (Å²) < 4.78 is 47.7. The van der Waals surface area contributed by atoms with E-state index in [1.165, 1.54) is 19.1 Å². The number of benzene rings is 1. The highest BCUT2D eigenvalue weighted by Gasteiger charge is 2.62. The van der Waals surface area contributed by atoms with Gasteiger partial charge in [-0.1, -0.05) is 24.1 Å². The molecule has 2 aromatic rings. The summed E-state index contributed by atoms with van der Waals surface area (Å²) in [6, 6.07) is 7.72. The zero-order chi connectivity index (χ0) is 31.1. The van der Waals surface area contributed by atoms with Crippen LogP contribution in [0.4, 0.5) is 0 Å². The highest BCUT2D eigenvalue weighted by molar-refractivity contribution is 7.52. The van der Waals surface area contributed by atoms with Crippen LogP contribution in [0.2, 0.25) is 0 Å². The zero-order valence-corrected chi connectivity index (χ0v) is 24.0. The predicted molar refractivity (Wildman–Crippen MR) is 144 cm³/mol. The molecule has 0 amide bonds. The number of hydrogen-bond acceptors (Lipinski definition) is 12. The third-order valence-electron chi connectivity index (χ3n) is 5.74. The number of para-hydroxylation sites is 1. The van der Waals surface area contributed by atoms with Crippen molar-refractivity contribution in [1.82, 2.24) is 14.6 Å². The molecule has 1 saturated heterocycles. The third kappa shape index (κ3) is 7.54. The van der Waals surface area contributed by atoms with Crippen molar-refractivity contribution < 1.29 is 46.9 Å². The first kappa shape index (κ1) is 32.3. The molecule has 15 nitrogen and oxygen atoms in total. The molecule has 2 heterocycles. The Morgan fingerprint density at radius 1 is 1.19 bits per heavy atom. The zero-order valence-electron chi connectivity index (χ0n) is 23.1. The minimum absolute atomic E-state index is 0.0609. The van der Waals surface area contributed by atoms with Gasteiger partial charge >= 0.3 is 31.3 Å². The van der Waals surface area contributed by atoms with E-state index in [1.807, 2.05) is 4.98 Å². The van der Waals surface area contributed by atoms with Gasteiger partial charge in [-0.15, -0.1) is 6.42 Å². The molecular weight excluding hydrogens is 577 g/mol. The molecule has 0 spiro atoms. The van der Waals surface area contributed by atoms with Crippen molar-refractivity contribution in [3.63, 3.8) is 0 Å². The normalized spacial score (nSPS) is 23.5. The maximum atomic E-state index is 13.9. The SMILES string of the molecule is C#C[C@@]1(OC(C)=O)[C@H](OC(C)=O)[C@@H](COP(=O)(N[C@@H](C)C(=O)OCC)Oc2ccccc2)O[C@H]1n1ccc(=O)[nH]c1=O. The quantitative estimate of drug-likeness (QED) is 0.151. The maximum Gasteiger partial charge on any atom is 0.459 e. The Balaban J connectivity index is 2.03. The molecule has 1 aliphatic rings. The molecule has 1 aromatic heterocycles. The monoisotopic (exact) mass is 607 g/mol. The van der Waals surface area contributed by atoms with Crippen LogP contribution in [0.5, 0.6) is 5.75 Å². The molecule has 2 N–H and O–H groups in total. The fourth-order valence-electron chi connectivity index (χ4n) is 4.08. The van der Waals surface area contributed by atoms with Gasteiger partial charge in [0.15, 0.2) is 12.3 Å². The summed E-state index contributed by atoms with van der Waals surface area (Å²) in [7, 11) is -4.42. The summed E-state index contributed by atoms with van der Waals surface area (Å²) in [4.78, 5) is 62.9. The number of aromatic amines is 1. The van der Waals surface area contributed by atoms with Crippen LogP contribution in [0.25, 0.3) is 0 Å². The number of ether oxygens (including phenoxy) is 4. The van der Waals surface area contributed by atoms with Gasteiger partial charge in [-0.05, 0) is 26.0 Å². The standard InChI is InChI=1S/C26H30N3O12P/c1-6-26(40-18(5)31)22(38-17(4)30)20(39-24(26)29-14-13-21(32)27-25(29)34)15-37-42(35,28-16(3)23(33)36-7-2)41-19-11-9-8-10-12-19/h1,8-14,16,20,22,24H,7,15H2,2-5H3,(H,28,35)(H,27,32,34)/t16-,20+,22+,24+,26+,42?/m0/s1. The summed E-state index contributed by atoms with van der Waals surface area (Å²) in [5.74, 6) is -0.160. The minimum Gasteiger partial charge on any atom is -0.465 e. The molecule has 16 heteroatoms. The fraction of sp³-hybridized carbons (Fsp3) is 0.423. The Bertz CT molecular complexity index is 1500. The first-order chi connectivity index (χ1) is 19.8. The summed E-state index contributed by atoms with van der Waals surface area (Å²) in [5, 5.41) is 2.48. The molecule has 1 aliphatic heterocycles. The van der Waals surface area contributed by atoms with E-state index >= 15 is 0 Å². The largest absolute Gasteiger partial charge is 0.465 e. The lowest BCUT2D eigenvalue weighted by Gasteiger charge is -2.33. The molecule has 226 valence electrons. The number of hydrogen-bond donors (Lipinski definition) is 2. The van der Waals surface area contributed by atoms with Gasteiger partial charge in [-0.3, -0.25) is 33.3 Å². The molecular formula is C26H30N3O12P. The van der Waals surface area contributed by atoms with E-state index in [1.54, 1.807) is 25.1 Å². The van der Waals surface area contributed by atoms with Crippen LogP contribution < -0.4 is 20.9 Å². The van der Waals surface area contributed by atoms with Crippen LogP contribution in [-0.2, 0) is 42.4 Å². The van der Waals surface area contributed by atoms with E-state index in [0.717, 1.165) is 30.7 Å². The first-order valence-corrected chi connectivity index (χ1v) is 14.1. The third-order valence-corrected chi connectivity index (χ3v) is 7.38. The minimum atomic E-state index is -4.42. The van der Waals surface area contributed by atoms with E-state index < -0.39 is 73.6 Å². The molecule has 0 saturated carbocycles. The lowest BCUT2D eigenvalue weighted by molar-refractivity contribution is -0.176. The second kappa shape index (κ2) is 13.6. The molecule has 1 fully saturated rings. The second-order valence-corrected chi connectivity index (χ2v) is 10.6. The Labute approximate surface area is 240 Å². The lowest BCUT2D eigenvalue weighted by atomic mass is 9.94. The first-order valence-electron chi connectivity index (χ1n) is 12.6. The highest BCUT2D eigenvalue weighted by Crippen LogP contribution is 2.48. The van der Waals surface area contributed by atoms with Crippen molar-refractivity contribution in [2.45, 2.75) is 57.8 Å². The van der Waals surface area contributed by atoms with Crippen molar-refractivity contribution in [2.75, 3.05) is 13.2 Å². The van der Waals surface area contributed by atoms with Crippen LogP contribution in [0.1, 0.15) is 33.9 Å². The topological polar surface area (TPSA) is 191 Å².